The van der Waals surface area contributed by atoms with Crippen molar-refractivity contribution in [1.82, 2.24) is 56.9 Å². The lowest BCUT2D eigenvalue weighted by Crippen LogP contribution is -2.42. The molecule has 0 aliphatic rings. The summed E-state index contributed by atoms with van der Waals surface area (Å²) in [6.45, 7) is 17.6. The average molecular weight is 1060 g/mol. The van der Waals surface area contributed by atoms with Gasteiger partial charge in [-0.1, -0.05) is 44.2 Å². The first-order chi connectivity index (χ1) is 35.7. The predicted molar refractivity (Wildman–Crippen MR) is 274 cm³/mol. The Kier molecular flexibility index (Phi) is 15.8. The molecule has 6 heterocycles. The van der Waals surface area contributed by atoms with Gasteiger partial charge >= 0.3 is 23.5 Å². The molecule has 406 valence electrons. The Morgan fingerprint density at radius 3 is 1.41 bits per heavy atom. The van der Waals surface area contributed by atoms with Crippen LogP contribution in [0, 0.1) is 0 Å². The predicted octanol–water partition coefficient (Wildman–Crippen LogP) is 8.13. The molecule has 8 rings (SSSR count). The summed E-state index contributed by atoms with van der Waals surface area (Å²) in [5.41, 5.74) is -2.31. The van der Waals surface area contributed by atoms with Crippen LogP contribution in [0.2, 0.25) is 0 Å². The van der Waals surface area contributed by atoms with Crippen molar-refractivity contribution in [1.29, 1.82) is 0 Å². The zero-order valence-corrected chi connectivity index (χ0v) is 44.2. The fraction of sp³-hybridized carbons (Fsp3) is 0.442. The summed E-state index contributed by atoms with van der Waals surface area (Å²) in [6, 6.07) is 11.1. The zero-order chi connectivity index (χ0) is 55.8. The Labute approximate surface area is 432 Å². The van der Waals surface area contributed by atoms with Crippen molar-refractivity contribution in [3.05, 3.63) is 137 Å². The topological polar surface area (TPSA) is 195 Å². The number of alkyl halides is 5. The van der Waals surface area contributed by atoms with Crippen LogP contribution < -0.4 is 22.5 Å². The molecule has 24 heteroatoms. The lowest BCUT2D eigenvalue weighted by atomic mass is 10.1. The van der Waals surface area contributed by atoms with Gasteiger partial charge in [0.1, 0.15) is 17.4 Å². The van der Waals surface area contributed by atoms with Gasteiger partial charge in [0.05, 0.1) is 42.2 Å². The van der Waals surface area contributed by atoms with Crippen LogP contribution in [0.15, 0.2) is 92.5 Å². The van der Waals surface area contributed by atoms with E-state index in [1.807, 2.05) is 13.8 Å². The number of benzene rings is 2. The molecule has 76 heavy (non-hydrogen) atoms. The van der Waals surface area contributed by atoms with Crippen molar-refractivity contribution in [3.63, 3.8) is 0 Å². The Morgan fingerprint density at radius 2 is 1.03 bits per heavy atom. The normalized spacial score (nSPS) is 12.4. The van der Waals surface area contributed by atoms with Crippen LogP contribution in [0.4, 0.5) is 22.0 Å². The number of ether oxygens (including phenoxy) is 2. The second-order valence-electron chi connectivity index (χ2n) is 19.2. The third-order valence-electron chi connectivity index (χ3n) is 12.7. The van der Waals surface area contributed by atoms with E-state index in [2.05, 4.69) is 20.2 Å². The standard InChI is InChI=1S/C27H32F2N6O4.C25H29F3N6O3/c1-7-12-34-24(37)21-23(33(8-2)25(34)38)31-22(35(21)26(4,5)39-17(3)36)19-14-30-32(16-19)15-18-10-9-11-20(13-18)27(6,28)29;1-6-11-33-22(35)19-21(32(7-2)23(33)36)30-20(34(19)24(3,4)37-5)17-13-29-31(15-17)14-16-9-8-10-18(12-16)25(26,27)28/h9-11,13-14,16H,7-8,12,15H2,1-6H3;8-10,12-13,15H,6-7,11,14H2,1-5H3. The monoisotopic (exact) mass is 1060 g/mol. The minimum absolute atomic E-state index is 0.0980. The van der Waals surface area contributed by atoms with E-state index in [1.54, 1.807) is 81.4 Å². The Bertz CT molecular complexity index is 3690. The second-order valence-corrected chi connectivity index (χ2v) is 19.2. The highest BCUT2D eigenvalue weighted by atomic mass is 19.4. The first-order valence-corrected chi connectivity index (χ1v) is 24.7. The highest BCUT2D eigenvalue weighted by Gasteiger charge is 2.35. The molecule has 0 saturated carbocycles. The van der Waals surface area contributed by atoms with Gasteiger partial charge in [0.15, 0.2) is 28.1 Å². The number of hydrogen-bond donors (Lipinski definition) is 0. The number of esters is 1. The van der Waals surface area contributed by atoms with Gasteiger partial charge in [-0.25, -0.2) is 28.3 Å². The van der Waals surface area contributed by atoms with E-state index in [0.717, 1.165) is 23.6 Å². The molecule has 0 atom stereocenters. The lowest BCUT2D eigenvalue weighted by Gasteiger charge is -2.28. The second kappa shape index (κ2) is 21.5. The van der Waals surface area contributed by atoms with Crippen molar-refractivity contribution >= 4 is 28.3 Å². The Morgan fingerprint density at radius 1 is 0.605 bits per heavy atom. The SMILES string of the molecule is CCCn1c(=O)c2c(nc(-c3cnn(Cc4cccc(C(C)(F)F)c4)c3)n2C(C)(C)OC(C)=O)n(CC)c1=O.CCCn1c(=O)c2c(nc(-c3cnn(Cc4cccc(C(F)(F)F)c4)c3)n2C(C)(C)OC)n(CC)c1=O. The van der Waals surface area contributed by atoms with Crippen LogP contribution in [0.25, 0.3) is 45.1 Å². The van der Waals surface area contributed by atoms with Gasteiger partial charge in [-0.2, -0.15) is 23.4 Å². The molecular weight excluding hydrogens is 1000 g/mol. The number of rotatable bonds is 17. The van der Waals surface area contributed by atoms with Crippen LogP contribution in [0.5, 0.6) is 0 Å². The number of carbonyl (C=O) groups excluding carboxylic acids is 1. The average Bonchev–Trinajstić information content (AvgIpc) is 4.18. The lowest BCUT2D eigenvalue weighted by molar-refractivity contribution is -0.162. The number of fused-ring (bicyclic) bond motifs is 2. The maximum Gasteiger partial charge on any atom is 0.416 e. The molecule has 0 amide bonds. The highest BCUT2D eigenvalue weighted by Crippen LogP contribution is 2.34. The van der Waals surface area contributed by atoms with Crippen molar-refractivity contribution in [2.45, 2.75) is 145 Å². The van der Waals surface area contributed by atoms with Gasteiger partial charge in [0.25, 0.3) is 17.0 Å². The van der Waals surface area contributed by atoms with Crippen LogP contribution in [-0.4, -0.2) is 70.0 Å². The number of aryl methyl sites for hydroxylation is 2. The Balaban J connectivity index is 0.000000221. The van der Waals surface area contributed by atoms with E-state index in [4.69, 9.17) is 9.47 Å². The van der Waals surface area contributed by atoms with Crippen LogP contribution in [-0.2, 0) is 77.1 Å². The number of carbonyl (C=O) groups is 1. The highest BCUT2D eigenvalue weighted by molar-refractivity contribution is 5.78. The van der Waals surface area contributed by atoms with Crippen LogP contribution >= 0.6 is 0 Å². The largest absolute Gasteiger partial charge is 0.439 e. The summed E-state index contributed by atoms with van der Waals surface area (Å²) in [6.07, 6.45) is 3.08. The zero-order valence-electron chi connectivity index (χ0n) is 44.2. The molecule has 19 nitrogen and oxygen atoms in total. The summed E-state index contributed by atoms with van der Waals surface area (Å²) in [4.78, 5) is 74.7. The van der Waals surface area contributed by atoms with E-state index in [9.17, 15) is 45.9 Å². The fourth-order valence-corrected chi connectivity index (χ4v) is 9.11. The molecule has 6 aromatic heterocycles. The first kappa shape index (κ1) is 56.0. The molecule has 8 aromatic rings. The van der Waals surface area contributed by atoms with E-state index in [1.165, 1.54) is 67.6 Å². The molecule has 0 N–H and O–H groups in total. The summed E-state index contributed by atoms with van der Waals surface area (Å²) in [5, 5.41) is 8.70. The van der Waals surface area contributed by atoms with Crippen molar-refractivity contribution < 1.29 is 36.2 Å². The number of aromatic nitrogens is 12. The van der Waals surface area contributed by atoms with Gasteiger partial charge in [0, 0.05) is 65.1 Å². The summed E-state index contributed by atoms with van der Waals surface area (Å²) >= 11 is 0. The van der Waals surface area contributed by atoms with E-state index < -0.39 is 57.6 Å². The minimum Gasteiger partial charge on any atom is -0.439 e. The molecule has 0 aliphatic heterocycles. The van der Waals surface area contributed by atoms with E-state index >= 15 is 0 Å². The van der Waals surface area contributed by atoms with Gasteiger partial charge in [0.2, 0.25) is 0 Å². The Hall–Kier alpha value is -7.76. The number of nitrogens with zero attached hydrogens (tertiary/aromatic N) is 12. The van der Waals surface area contributed by atoms with E-state index in [0.29, 0.717) is 47.5 Å². The summed E-state index contributed by atoms with van der Waals surface area (Å²) < 4.78 is 89.8. The number of imidazole rings is 2. The molecule has 0 radical (unpaired) electrons. The van der Waals surface area contributed by atoms with Crippen LogP contribution in [0.1, 0.15) is 104 Å². The molecule has 0 unspecified atom stereocenters. The maximum absolute atomic E-state index is 13.8. The van der Waals surface area contributed by atoms with Crippen molar-refractivity contribution in [2.75, 3.05) is 7.11 Å². The molecular formula is C52H61F5N12O7. The quantitative estimate of drug-likeness (QED) is 0.0631. The third-order valence-corrected chi connectivity index (χ3v) is 12.7. The van der Waals surface area contributed by atoms with Crippen molar-refractivity contribution in [3.8, 4) is 22.8 Å². The molecule has 0 spiro atoms. The maximum atomic E-state index is 13.8. The first-order valence-electron chi connectivity index (χ1n) is 24.7. The number of methoxy groups -OCH3 is 1. The number of hydrogen-bond acceptors (Lipinski definition) is 11. The van der Waals surface area contributed by atoms with Crippen LogP contribution in [0.3, 0.4) is 0 Å². The smallest absolute Gasteiger partial charge is 0.416 e. The molecule has 0 aliphatic carbocycles. The number of halogens is 5. The third kappa shape index (κ3) is 11.0. The molecule has 0 fully saturated rings. The van der Waals surface area contributed by atoms with E-state index in [-0.39, 0.29) is 66.4 Å². The molecule has 2 aromatic carbocycles. The minimum atomic E-state index is -4.44. The van der Waals surface area contributed by atoms with Gasteiger partial charge < -0.3 is 9.47 Å². The summed E-state index contributed by atoms with van der Waals surface area (Å²) in [5.74, 6) is -2.92. The molecule has 0 bridgehead atoms. The van der Waals surface area contributed by atoms with Gasteiger partial charge in [-0.15, -0.1) is 0 Å². The van der Waals surface area contributed by atoms with Crippen molar-refractivity contribution in [2.24, 2.45) is 0 Å². The fourth-order valence-electron chi connectivity index (χ4n) is 9.11. The van der Waals surface area contributed by atoms with Gasteiger partial charge in [-0.3, -0.25) is 51.1 Å². The van der Waals surface area contributed by atoms with Gasteiger partial charge in [-0.05, 0) is 83.7 Å². The molecule has 0 saturated heterocycles. The summed E-state index contributed by atoms with van der Waals surface area (Å²) in [7, 11) is 1.51.